The number of hydrogen-bond acceptors (Lipinski definition) is 5. The van der Waals surface area contributed by atoms with Gasteiger partial charge >= 0.3 is 0 Å². The minimum absolute atomic E-state index is 0.0903. The first kappa shape index (κ1) is 18.9. The number of anilines is 1. The van der Waals surface area contributed by atoms with Gasteiger partial charge in [-0.3, -0.25) is 19.6 Å². The average molecular weight is 392 g/mol. The Bertz CT molecular complexity index is 977. The maximum Gasteiger partial charge on any atom is 0.274 e. The average Bonchev–Trinajstić information content (AvgIpc) is 3.33. The molecule has 2 heterocycles. The van der Waals surface area contributed by atoms with E-state index >= 15 is 0 Å². The van der Waals surface area contributed by atoms with E-state index < -0.39 is 14.9 Å². The van der Waals surface area contributed by atoms with Crippen LogP contribution >= 0.6 is 0 Å². The molecule has 1 aromatic heterocycles. The molecule has 10 heteroatoms. The number of nitrogens with one attached hydrogen (secondary N) is 2. The summed E-state index contributed by atoms with van der Waals surface area (Å²) in [6.07, 6.45) is 3.57. The first-order valence-corrected chi connectivity index (χ1v) is 10.1. The summed E-state index contributed by atoms with van der Waals surface area (Å²) in [5.41, 5.74) is 0.664. The molecule has 0 unspecified atom stereocenters. The zero-order valence-corrected chi connectivity index (χ0v) is 15.6. The molecule has 1 saturated heterocycles. The van der Waals surface area contributed by atoms with Crippen LogP contribution in [0.5, 0.6) is 0 Å². The van der Waals surface area contributed by atoms with Crippen LogP contribution in [0.2, 0.25) is 0 Å². The number of nitrogens with zero attached hydrogens (tertiary/aromatic N) is 2. The van der Waals surface area contributed by atoms with Crippen LogP contribution in [0.1, 0.15) is 35.8 Å². The number of benzene rings is 1. The van der Waals surface area contributed by atoms with Gasteiger partial charge in [0.05, 0.1) is 10.6 Å². The number of likely N-dealkylation sites (tertiary alicyclic amines) is 1. The van der Waals surface area contributed by atoms with E-state index in [9.17, 15) is 23.3 Å². The summed E-state index contributed by atoms with van der Waals surface area (Å²) in [7, 11) is -3.99. The van der Waals surface area contributed by atoms with Crippen molar-refractivity contribution in [1.29, 1.82) is 0 Å². The lowest BCUT2D eigenvalue weighted by Crippen LogP contribution is -2.27. The number of carbonyl (C=O) groups is 1. The fourth-order valence-corrected chi connectivity index (χ4v) is 4.10. The second kappa shape index (κ2) is 7.39. The third kappa shape index (κ3) is 3.95. The lowest BCUT2D eigenvalue weighted by molar-refractivity contribution is -0.385. The normalized spacial score (nSPS) is 14.3. The summed E-state index contributed by atoms with van der Waals surface area (Å²) in [5, 5.41) is 11.2. The highest BCUT2D eigenvalue weighted by Crippen LogP contribution is 2.26. The molecule has 0 saturated carbocycles. The van der Waals surface area contributed by atoms with Gasteiger partial charge in [0.1, 0.15) is 10.6 Å². The minimum Gasteiger partial charge on any atom is -0.356 e. The monoisotopic (exact) mass is 392 g/mol. The van der Waals surface area contributed by atoms with Crippen LogP contribution < -0.4 is 4.72 Å². The number of aryl methyl sites for hydroxylation is 1. The van der Waals surface area contributed by atoms with Crippen molar-refractivity contribution in [2.45, 2.75) is 31.1 Å². The van der Waals surface area contributed by atoms with Crippen molar-refractivity contribution >= 4 is 27.3 Å². The van der Waals surface area contributed by atoms with Gasteiger partial charge in [0.15, 0.2) is 0 Å². The molecule has 9 nitrogen and oxygen atoms in total. The standard InChI is InChI=1S/C17H20N4O5S/c1-2-12-5-6-13(9-16(12)21(23)24)19-27(25,26)14-10-15(18-11-14)17(22)20-7-3-4-8-20/h5-6,9-11,18-19H,2-4,7-8H2,1H3. The molecule has 0 radical (unpaired) electrons. The Labute approximate surface area is 156 Å². The largest absolute Gasteiger partial charge is 0.356 e. The maximum atomic E-state index is 12.6. The number of aromatic amines is 1. The van der Waals surface area contributed by atoms with Crippen molar-refractivity contribution in [3.05, 3.63) is 51.8 Å². The van der Waals surface area contributed by atoms with Gasteiger partial charge in [0, 0.05) is 30.9 Å². The smallest absolute Gasteiger partial charge is 0.274 e. The van der Waals surface area contributed by atoms with Crippen molar-refractivity contribution in [3.63, 3.8) is 0 Å². The molecule has 2 aromatic rings. The Morgan fingerprint density at radius 3 is 2.63 bits per heavy atom. The molecule has 1 fully saturated rings. The van der Waals surface area contributed by atoms with Crippen LogP contribution in [0.25, 0.3) is 0 Å². The highest BCUT2D eigenvalue weighted by Gasteiger charge is 2.24. The van der Waals surface area contributed by atoms with Gasteiger partial charge in [-0.15, -0.1) is 0 Å². The summed E-state index contributed by atoms with van der Waals surface area (Å²) >= 11 is 0. The Morgan fingerprint density at radius 2 is 2.00 bits per heavy atom. The first-order chi connectivity index (χ1) is 12.8. The number of H-pyrrole nitrogens is 1. The van der Waals surface area contributed by atoms with E-state index in [4.69, 9.17) is 0 Å². The number of aromatic nitrogens is 1. The summed E-state index contributed by atoms with van der Waals surface area (Å²) in [4.78, 5) is 27.2. The second-order valence-electron chi connectivity index (χ2n) is 6.31. The third-order valence-electron chi connectivity index (χ3n) is 4.51. The van der Waals surface area contributed by atoms with E-state index in [1.54, 1.807) is 11.8 Å². The number of nitro groups is 1. The lowest BCUT2D eigenvalue weighted by Gasteiger charge is -2.13. The van der Waals surface area contributed by atoms with Crippen LogP contribution in [0.3, 0.4) is 0 Å². The number of rotatable bonds is 6. The predicted molar refractivity (Wildman–Crippen MR) is 99.2 cm³/mol. The molecule has 1 aromatic carbocycles. The zero-order chi connectivity index (χ0) is 19.6. The van der Waals surface area contributed by atoms with Gasteiger partial charge in [-0.05, 0) is 31.4 Å². The highest BCUT2D eigenvalue weighted by molar-refractivity contribution is 7.92. The van der Waals surface area contributed by atoms with Crippen LogP contribution in [-0.2, 0) is 16.4 Å². The highest BCUT2D eigenvalue weighted by atomic mass is 32.2. The Balaban J connectivity index is 1.82. The molecule has 0 bridgehead atoms. The molecule has 1 aliphatic heterocycles. The van der Waals surface area contributed by atoms with Gasteiger partial charge < -0.3 is 9.88 Å². The van der Waals surface area contributed by atoms with Gasteiger partial charge in [0.2, 0.25) is 0 Å². The van der Waals surface area contributed by atoms with Gasteiger partial charge in [-0.25, -0.2) is 8.42 Å². The molecule has 144 valence electrons. The summed E-state index contributed by atoms with van der Waals surface area (Å²) < 4.78 is 27.5. The maximum absolute atomic E-state index is 12.6. The lowest BCUT2D eigenvalue weighted by atomic mass is 10.1. The Morgan fingerprint density at radius 1 is 1.30 bits per heavy atom. The second-order valence-corrected chi connectivity index (χ2v) is 7.99. The van der Waals surface area contributed by atoms with Crippen LogP contribution in [-0.4, -0.2) is 42.2 Å². The van der Waals surface area contributed by atoms with Crippen molar-refractivity contribution in [2.24, 2.45) is 0 Å². The molecule has 27 heavy (non-hydrogen) atoms. The van der Waals surface area contributed by atoms with E-state index in [-0.39, 0.29) is 27.9 Å². The molecule has 0 spiro atoms. The van der Waals surface area contributed by atoms with Crippen LogP contribution in [0.15, 0.2) is 35.4 Å². The molecular weight excluding hydrogens is 372 g/mol. The first-order valence-electron chi connectivity index (χ1n) is 8.59. The van der Waals surface area contributed by atoms with E-state index in [1.165, 1.54) is 30.5 Å². The number of amides is 1. The summed E-state index contributed by atoms with van der Waals surface area (Å²) in [5.74, 6) is -0.239. The predicted octanol–water partition coefficient (Wildman–Crippen LogP) is 2.52. The summed E-state index contributed by atoms with van der Waals surface area (Å²) in [6.45, 7) is 3.10. The molecule has 0 aliphatic carbocycles. The Kier molecular flexibility index (Phi) is 5.17. The van der Waals surface area contributed by atoms with E-state index in [0.717, 1.165) is 12.8 Å². The summed E-state index contributed by atoms with van der Waals surface area (Å²) in [6, 6.07) is 5.47. The molecule has 1 aliphatic rings. The van der Waals surface area contributed by atoms with Crippen molar-refractivity contribution < 1.29 is 18.1 Å². The van der Waals surface area contributed by atoms with Crippen molar-refractivity contribution in [1.82, 2.24) is 9.88 Å². The number of sulfonamides is 1. The van der Waals surface area contributed by atoms with Gasteiger partial charge in [-0.2, -0.15) is 0 Å². The minimum atomic E-state index is -3.99. The van der Waals surface area contributed by atoms with Crippen molar-refractivity contribution in [2.75, 3.05) is 17.8 Å². The molecule has 2 N–H and O–H groups in total. The SMILES string of the molecule is CCc1ccc(NS(=O)(=O)c2c[nH]c(C(=O)N3CCCC3)c2)cc1[N+](=O)[O-]. The number of hydrogen-bond donors (Lipinski definition) is 2. The zero-order valence-electron chi connectivity index (χ0n) is 14.8. The van der Waals surface area contributed by atoms with Crippen LogP contribution in [0, 0.1) is 10.1 Å². The fraction of sp³-hybridized carbons (Fsp3) is 0.353. The van der Waals surface area contributed by atoms with Gasteiger partial charge in [0.25, 0.3) is 21.6 Å². The third-order valence-corrected chi connectivity index (χ3v) is 5.87. The number of carbonyl (C=O) groups excluding carboxylic acids is 1. The van der Waals surface area contributed by atoms with Gasteiger partial charge in [-0.1, -0.05) is 13.0 Å². The number of nitro benzene ring substituents is 1. The Hall–Kier alpha value is -2.88. The van der Waals surface area contributed by atoms with E-state index in [0.29, 0.717) is 25.1 Å². The van der Waals surface area contributed by atoms with E-state index in [2.05, 4.69) is 9.71 Å². The molecule has 3 rings (SSSR count). The molecule has 0 atom stereocenters. The van der Waals surface area contributed by atoms with E-state index in [1.807, 2.05) is 0 Å². The molecule has 1 amide bonds. The topological polar surface area (TPSA) is 125 Å². The quantitative estimate of drug-likeness (QED) is 0.577. The fourth-order valence-electron chi connectivity index (χ4n) is 3.05. The van der Waals surface area contributed by atoms with Crippen LogP contribution in [0.4, 0.5) is 11.4 Å². The van der Waals surface area contributed by atoms with Crippen molar-refractivity contribution in [3.8, 4) is 0 Å². The molecular formula is C17H20N4O5S.